The van der Waals surface area contributed by atoms with Crippen LogP contribution in [0.5, 0.6) is 0 Å². The van der Waals surface area contributed by atoms with Gasteiger partial charge in [-0.3, -0.25) is 4.90 Å². The van der Waals surface area contributed by atoms with Gasteiger partial charge < -0.3 is 5.32 Å². The Morgan fingerprint density at radius 1 is 1.09 bits per heavy atom. The molecule has 1 saturated heterocycles. The standard InChI is InChI=1S/C16H23F3N2.ClH/c1-2-3-4-5-15(21-8-6-20-7-9-21)16-13(18)10-12(17)11-14(16)19;/h10-11,15,20H,2-9H2,1H3;1H/t15-;/m1./s1. The fourth-order valence-corrected chi connectivity index (χ4v) is 2.96. The van der Waals surface area contributed by atoms with Gasteiger partial charge in [0, 0.05) is 49.9 Å². The second-order valence-corrected chi connectivity index (χ2v) is 5.58. The molecule has 1 aromatic rings. The molecule has 2 rings (SSSR count). The van der Waals surface area contributed by atoms with Crippen molar-refractivity contribution in [1.29, 1.82) is 0 Å². The summed E-state index contributed by atoms with van der Waals surface area (Å²) in [5.74, 6) is -2.40. The van der Waals surface area contributed by atoms with Crippen LogP contribution in [0.3, 0.4) is 0 Å². The molecule has 6 heteroatoms. The van der Waals surface area contributed by atoms with Crippen LogP contribution >= 0.6 is 12.4 Å². The molecule has 0 aromatic heterocycles. The average Bonchev–Trinajstić information content (AvgIpc) is 2.45. The van der Waals surface area contributed by atoms with E-state index in [2.05, 4.69) is 17.1 Å². The molecule has 0 spiro atoms. The van der Waals surface area contributed by atoms with Crippen LogP contribution in [0.25, 0.3) is 0 Å². The Hall–Kier alpha value is -0.780. The molecular weight excluding hydrogens is 313 g/mol. The zero-order valence-electron chi connectivity index (χ0n) is 12.9. The zero-order valence-corrected chi connectivity index (χ0v) is 13.7. The van der Waals surface area contributed by atoms with Gasteiger partial charge >= 0.3 is 0 Å². The Balaban J connectivity index is 0.00000242. The minimum absolute atomic E-state index is 0. The van der Waals surface area contributed by atoms with E-state index in [0.29, 0.717) is 6.42 Å². The molecule has 1 aromatic carbocycles. The second kappa shape index (κ2) is 9.38. The van der Waals surface area contributed by atoms with E-state index in [0.717, 1.165) is 57.6 Å². The lowest BCUT2D eigenvalue weighted by molar-refractivity contribution is 0.156. The lowest BCUT2D eigenvalue weighted by Gasteiger charge is -2.35. The van der Waals surface area contributed by atoms with Crippen molar-refractivity contribution in [1.82, 2.24) is 10.2 Å². The highest BCUT2D eigenvalue weighted by Gasteiger charge is 2.27. The topological polar surface area (TPSA) is 15.3 Å². The number of nitrogens with one attached hydrogen (secondary N) is 1. The third kappa shape index (κ3) is 4.86. The quantitative estimate of drug-likeness (QED) is 0.788. The van der Waals surface area contributed by atoms with Crippen LogP contribution in [0.1, 0.15) is 44.2 Å². The van der Waals surface area contributed by atoms with Crippen LogP contribution in [0.4, 0.5) is 13.2 Å². The lowest BCUT2D eigenvalue weighted by atomic mass is 9.97. The van der Waals surface area contributed by atoms with E-state index in [9.17, 15) is 13.2 Å². The van der Waals surface area contributed by atoms with Gasteiger partial charge in [-0.2, -0.15) is 0 Å². The summed E-state index contributed by atoms with van der Waals surface area (Å²) >= 11 is 0. The number of halogens is 4. The summed E-state index contributed by atoms with van der Waals surface area (Å²) in [5.41, 5.74) is 0.0226. The maximum atomic E-state index is 14.1. The maximum Gasteiger partial charge on any atom is 0.133 e. The number of benzene rings is 1. The third-order valence-corrected chi connectivity index (χ3v) is 4.05. The van der Waals surface area contributed by atoms with Gasteiger partial charge in [-0.15, -0.1) is 12.4 Å². The van der Waals surface area contributed by atoms with Crippen molar-refractivity contribution in [2.24, 2.45) is 0 Å². The molecule has 0 radical (unpaired) electrons. The Bertz CT molecular complexity index is 442. The van der Waals surface area contributed by atoms with E-state index in [1.165, 1.54) is 0 Å². The number of piperazine rings is 1. The highest BCUT2D eigenvalue weighted by molar-refractivity contribution is 5.85. The minimum atomic E-state index is -0.860. The summed E-state index contributed by atoms with van der Waals surface area (Å²) < 4.78 is 41.3. The largest absolute Gasteiger partial charge is 0.314 e. The molecule has 1 aliphatic rings. The molecule has 22 heavy (non-hydrogen) atoms. The van der Waals surface area contributed by atoms with Gasteiger partial charge in [-0.05, 0) is 6.42 Å². The number of nitrogens with zero attached hydrogens (tertiary/aromatic N) is 1. The van der Waals surface area contributed by atoms with Crippen molar-refractivity contribution in [3.63, 3.8) is 0 Å². The summed E-state index contributed by atoms with van der Waals surface area (Å²) in [4.78, 5) is 2.10. The van der Waals surface area contributed by atoms with Gasteiger partial charge in [0.2, 0.25) is 0 Å². The fraction of sp³-hybridized carbons (Fsp3) is 0.625. The van der Waals surface area contributed by atoms with Crippen LogP contribution in [0.15, 0.2) is 12.1 Å². The SMILES string of the molecule is CCCCC[C@H](c1c(F)cc(F)cc1F)N1CCNCC1.Cl. The van der Waals surface area contributed by atoms with Crippen molar-refractivity contribution in [2.75, 3.05) is 26.2 Å². The molecule has 126 valence electrons. The van der Waals surface area contributed by atoms with Crippen molar-refractivity contribution < 1.29 is 13.2 Å². The molecule has 0 amide bonds. The first-order valence-electron chi connectivity index (χ1n) is 7.72. The molecular formula is C16H24ClF3N2. The predicted octanol–water partition coefficient (Wildman–Crippen LogP) is 4.05. The summed E-state index contributed by atoms with van der Waals surface area (Å²) in [5, 5.41) is 3.24. The molecule has 1 atom stereocenters. The highest BCUT2D eigenvalue weighted by atomic mass is 35.5. The first-order valence-corrected chi connectivity index (χ1v) is 7.72. The van der Waals surface area contributed by atoms with Crippen LogP contribution in [0, 0.1) is 17.5 Å². The van der Waals surface area contributed by atoms with Crippen molar-refractivity contribution in [3.05, 3.63) is 35.1 Å². The van der Waals surface area contributed by atoms with Gasteiger partial charge in [0.25, 0.3) is 0 Å². The van der Waals surface area contributed by atoms with Crippen LogP contribution in [0.2, 0.25) is 0 Å². The smallest absolute Gasteiger partial charge is 0.133 e. The lowest BCUT2D eigenvalue weighted by Crippen LogP contribution is -2.45. The molecule has 1 aliphatic heterocycles. The fourth-order valence-electron chi connectivity index (χ4n) is 2.96. The van der Waals surface area contributed by atoms with Crippen LogP contribution in [-0.2, 0) is 0 Å². The molecule has 2 nitrogen and oxygen atoms in total. The molecule has 1 fully saturated rings. The van der Waals surface area contributed by atoms with Crippen molar-refractivity contribution in [3.8, 4) is 0 Å². The summed E-state index contributed by atoms with van der Waals surface area (Å²) in [7, 11) is 0. The third-order valence-electron chi connectivity index (χ3n) is 4.05. The Morgan fingerprint density at radius 3 is 2.23 bits per heavy atom. The molecule has 0 saturated carbocycles. The first kappa shape index (κ1) is 19.3. The number of rotatable bonds is 6. The number of hydrogen-bond donors (Lipinski definition) is 1. The normalized spacial score (nSPS) is 17.1. The molecule has 1 heterocycles. The van der Waals surface area contributed by atoms with E-state index >= 15 is 0 Å². The summed E-state index contributed by atoms with van der Waals surface area (Å²) in [6, 6.07) is 1.26. The van der Waals surface area contributed by atoms with Crippen molar-refractivity contribution in [2.45, 2.75) is 38.6 Å². The van der Waals surface area contributed by atoms with Crippen LogP contribution in [-0.4, -0.2) is 31.1 Å². The molecule has 1 N–H and O–H groups in total. The summed E-state index contributed by atoms with van der Waals surface area (Å²) in [6.45, 7) is 5.24. The predicted molar refractivity (Wildman–Crippen MR) is 84.9 cm³/mol. The van der Waals surface area contributed by atoms with E-state index in [1.54, 1.807) is 0 Å². The maximum absolute atomic E-state index is 14.1. The second-order valence-electron chi connectivity index (χ2n) is 5.58. The average molecular weight is 337 g/mol. The molecule has 0 bridgehead atoms. The van der Waals surface area contributed by atoms with E-state index in [4.69, 9.17) is 0 Å². The van der Waals surface area contributed by atoms with Gasteiger partial charge in [0.05, 0.1) is 0 Å². The summed E-state index contributed by atoms with van der Waals surface area (Å²) in [6.07, 6.45) is 3.71. The van der Waals surface area contributed by atoms with Gasteiger partial charge in [-0.1, -0.05) is 26.2 Å². The number of hydrogen-bond acceptors (Lipinski definition) is 2. The molecule has 0 unspecified atom stereocenters. The highest BCUT2D eigenvalue weighted by Crippen LogP contribution is 2.31. The monoisotopic (exact) mass is 336 g/mol. The minimum Gasteiger partial charge on any atom is -0.314 e. The van der Waals surface area contributed by atoms with Crippen LogP contribution < -0.4 is 5.32 Å². The van der Waals surface area contributed by atoms with E-state index < -0.39 is 17.5 Å². The Labute approximate surface area is 136 Å². The van der Waals surface area contributed by atoms with Gasteiger partial charge in [-0.25, -0.2) is 13.2 Å². The first-order chi connectivity index (χ1) is 10.1. The molecule has 0 aliphatic carbocycles. The zero-order chi connectivity index (χ0) is 15.2. The number of unbranched alkanes of at least 4 members (excludes halogenated alkanes) is 2. The Morgan fingerprint density at radius 2 is 1.68 bits per heavy atom. The van der Waals surface area contributed by atoms with Gasteiger partial charge in [0.15, 0.2) is 0 Å². The van der Waals surface area contributed by atoms with Crippen molar-refractivity contribution >= 4 is 12.4 Å². The Kier molecular flexibility index (Phi) is 8.21. The van der Waals surface area contributed by atoms with E-state index in [1.807, 2.05) is 0 Å². The van der Waals surface area contributed by atoms with E-state index in [-0.39, 0.29) is 24.0 Å². The van der Waals surface area contributed by atoms with Gasteiger partial charge in [0.1, 0.15) is 17.5 Å².